The van der Waals surface area contributed by atoms with E-state index in [0.29, 0.717) is 26.1 Å². The fraction of sp³-hybridized carbons (Fsp3) is 0.556. The summed E-state index contributed by atoms with van der Waals surface area (Å²) in [5, 5.41) is 6.26. The Kier molecular flexibility index (Phi) is 4.96. The lowest BCUT2D eigenvalue weighted by Gasteiger charge is -2.31. The van der Waals surface area contributed by atoms with E-state index in [-0.39, 0.29) is 23.9 Å². The van der Waals surface area contributed by atoms with E-state index in [1.165, 1.54) is 11.1 Å². The van der Waals surface area contributed by atoms with Gasteiger partial charge in [0.15, 0.2) is 0 Å². The third-order valence-corrected chi connectivity index (χ3v) is 4.77. The molecule has 0 bridgehead atoms. The lowest BCUT2D eigenvalue weighted by Crippen LogP contribution is -2.54. The molecule has 1 fully saturated rings. The Morgan fingerprint density at radius 3 is 2.87 bits per heavy atom. The van der Waals surface area contributed by atoms with Crippen molar-refractivity contribution in [2.45, 2.75) is 51.2 Å². The highest BCUT2D eigenvalue weighted by Gasteiger charge is 2.37. The molecule has 23 heavy (non-hydrogen) atoms. The van der Waals surface area contributed by atoms with Crippen molar-refractivity contribution < 1.29 is 9.59 Å². The van der Waals surface area contributed by atoms with E-state index in [9.17, 15) is 9.59 Å². The maximum atomic E-state index is 12.9. The highest BCUT2D eigenvalue weighted by atomic mass is 16.2. The summed E-state index contributed by atoms with van der Waals surface area (Å²) in [7, 11) is 0. The molecule has 0 saturated carbocycles. The first-order chi connectivity index (χ1) is 11.2. The van der Waals surface area contributed by atoms with Crippen LogP contribution >= 0.6 is 0 Å². The highest BCUT2D eigenvalue weighted by molar-refractivity contribution is 5.90. The second kappa shape index (κ2) is 7.13. The number of nitrogens with zero attached hydrogens (tertiary/aromatic N) is 1. The van der Waals surface area contributed by atoms with Crippen molar-refractivity contribution in [3.05, 3.63) is 35.4 Å². The largest absolute Gasteiger partial charge is 0.354 e. The van der Waals surface area contributed by atoms with Gasteiger partial charge < -0.3 is 15.5 Å². The Hall–Kier alpha value is -1.88. The first kappa shape index (κ1) is 16.0. The maximum absolute atomic E-state index is 12.9. The minimum atomic E-state index is -0.298. The normalized spacial score (nSPS) is 23.4. The highest BCUT2D eigenvalue weighted by Crippen LogP contribution is 2.22. The molecule has 0 aliphatic carbocycles. The molecule has 2 amide bonds. The van der Waals surface area contributed by atoms with Crippen LogP contribution in [0.1, 0.15) is 37.3 Å². The van der Waals surface area contributed by atoms with Crippen molar-refractivity contribution >= 4 is 11.8 Å². The van der Waals surface area contributed by atoms with Crippen LogP contribution in [0, 0.1) is 0 Å². The molecule has 3 rings (SSSR count). The van der Waals surface area contributed by atoms with Gasteiger partial charge in [-0.15, -0.1) is 0 Å². The van der Waals surface area contributed by atoms with Gasteiger partial charge in [-0.2, -0.15) is 0 Å². The summed E-state index contributed by atoms with van der Waals surface area (Å²) in [6, 6.07) is 7.71. The molecule has 0 spiro atoms. The molecule has 5 heteroatoms. The van der Waals surface area contributed by atoms with E-state index in [4.69, 9.17) is 0 Å². The van der Waals surface area contributed by atoms with Crippen molar-refractivity contribution in [1.82, 2.24) is 15.5 Å². The number of hydrogen-bond acceptors (Lipinski definition) is 3. The molecule has 0 radical (unpaired) electrons. The summed E-state index contributed by atoms with van der Waals surface area (Å²) in [5.41, 5.74) is 2.49. The molecule has 2 heterocycles. The Balaban J connectivity index is 1.67. The van der Waals surface area contributed by atoms with Crippen molar-refractivity contribution in [2.24, 2.45) is 0 Å². The number of likely N-dealkylation sites (tertiary alicyclic amines) is 1. The van der Waals surface area contributed by atoms with E-state index in [2.05, 4.69) is 22.8 Å². The van der Waals surface area contributed by atoms with E-state index in [0.717, 1.165) is 19.3 Å². The topological polar surface area (TPSA) is 61.4 Å². The summed E-state index contributed by atoms with van der Waals surface area (Å²) in [6.45, 7) is 4.10. The van der Waals surface area contributed by atoms with Crippen LogP contribution < -0.4 is 10.6 Å². The zero-order valence-electron chi connectivity index (χ0n) is 13.7. The second-order valence-corrected chi connectivity index (χ2v) is 6.39. The Morgan fingerprint density at radius 2 is 2.09 bits per heavy atom. The monoisotopic (exact) mass is 315 g/mol. The van der Waals surface area contributed by atoms with Crippen LogP contribution in [0.5, 0.6) is 0 Å². The fourth-order valence-corrected chi connectivity index (χ4v) is 3.50. The minimum Gasteiger partial charge on any atom is -0.354 e. The Morgan fingerprint density at radius 1 is 1.30 bits per heavy atom. The zero-order chi connectivity index (χ0) is 16.2. The lowest BCUT2D eigenvalue weighted by atomic mass is 9.95. The van der Waals surface area contributed by atoms with Crippen LogP contribution in [0.15, 0.2) is 24.3 Å². The standard InChI is InChI=1S/C18H25N3O2/c1-2-9-19-17(22)16-8-5-10-21(16)18(23)15-11-13-6-3-4-7-14(13)12-20-15/h3-4,6-7,15-16,20H,2,5,8-12H2,1H3,(H,19,22)/t15-,16+/m0/s1. The smallest absolute Gasteiger partial charge is 0.242 e. The molecule has 5 nitrogen and oxygen atoms in total. The van der Waals surface area contributed by atoms with Crippen molar-refractivity contribution in [3.8, 4) is 0 Å². The maximum Gasteiger partial charge on any atom is 0.242 e. The van der Waals surface area contributed by atoms with Crippen LogP contribution in [0.4, 0.5) is 0 Å². The predicted molar refractivity (Wildman–Crippen MR) is 88.8 cm³/mol. The predicted octanol–water partition coefficient (Wildman–Crippen LogP) is 1.22. The average molecular weight is 315 g/mol. The average Bonchev–Trinajstić information content (AvgIpc) is 3.08. The van der Waals surface area contributed by atoms with E-state index in [1.807, 2.05) is 19.1 Å². The Labute approximate surface area is 137 Å². The van der Waals surface area contributed by atoms with Gasteiger partial charge in [0, 0.05) is 19.6 Å². The van der Waals surface area contributed by atoms with E-state index >= 15 is 0 Å². The number of hydrogen-bond donors (Lipinski definition) is 2. The number of rotatable bonds is 4. The first-order valence-corrected chi connectivity index (χ1v) is 8.59. The molecule has 2 N–H and O–H groups in total. The van der Waals surface area contributed by atoms with Gasteiger partial charge in [-0.05, 0) is 36.8 Å². The fourth-order valence-electron chi connectivity index (χ4n) is 3.50. The summed E-state index contributed by atoms with van der Waals surface area (Å²) in [6.07, 6.45) is 3.28. The van der Waals surface area contributed by atoms with Crippen molar-refractivity contribution in [1.29, 1.82) is 0 Å². The van der Waals surface area contributed by atoms with E-state index in [1.54, 1.807) is 4.90 Å². The zero-order valence-corrected chi connectivity index (χ0v) is 13.7. The third-order valence-electron chi connectivity index (χ3n) is 4.77. The molecule has 0 unspecified atom stereocenters. The summed E-state index contributed by atoms with van der Waals surface area (Å²) in [5.74, 6) is 0.0579. The van der Waals surface area contributed by atoms with Crippen molar-refractivity contribution in [3.63, 3.8) is 0 Å². The molecule has 2 atom stereocenters. The summed E-state index contributed by atoms with van der Waals surface area (Å²) >= 11 is 0. The number of fused-ring (bicyclic) bond motifs is 1. The third kappa shape index (κ3) is 3.39. The van der Waals surface area contributed by atoms with Gasteiger partial charge in [0.05, 0.1) is 6.04 Å². The number of nitrogens with one attached hydrogen (secondary N) is 2. The molecule has 1 saturated heterocycles. The quantitative estimate of drug-likeness (QED) is 0.878. The SMILES string of the molecule is CCCNC(=O)[C@H]1CCCN1C(=O)[C@@H]1Cc2ccccc2CN1. The number of benzene rings is 1. The molecule has 2 aliphatic rings. The molecule has 1 aromatic carbocycles. The van der Waals surface area contributed by atoms with Crippen LogP contribution in [0.3, 0.4) is 0 Å². The van der Waals surface area contributed by atoms with Crippen LogP contribution in [-0.4, -0.2) is 41.9 Å². The molecular formula is C18H25N3O2. The van der Waals surface area contributed by atoms with Crippen LogP contribution in [0.2, 0.25) is 0 Å². The molecule has 2 aliphatic heterocycles. The number of carbonyl (C=O) groups is 2. The van der Waals surface area contributed by atoms with Gasteiger partial charge in [0.1, 0.15) is 6.04 Å². The van der Waals surface area contributed by atoms with Gasteiger partial charge in [-0.25, -0.2) is 0 Å². The van der Waals surface area contributed by atoms with E-state index < -0.39 is 0 Å². The molecule has 0 aromatic heterocycles. The number of amides is 2. The molecule has 1 aromatic rings. The van der Waals surface area contributed by atoms with Crippen molar-refractivity contribution in [2.75, 3.05) is 13.1 Å². The van der Waals surface area contributed by atoms with Gasteiger partial charge in [-0.3, -0.25) is 9.59 Å². The van der Waals surface area contributed by atoms with Gasteiger partial charge in [-0.1, -0.05) is 31.2 Å². The first-order valence-electron chi connectivity index (χ1n) is 8.59. The molecular weight excluding hydrogens is 290 g/mol. The Bertz CT molecular complexity index is 587. The second-order valence-electron chi connectivity index (χ2n) is 6.39. The van der Waals surface area contributed by atoms with Gasteiger partial charge in [0.2, 0.25) is 11.8 Å². The minimum absolute atomic E-state index is 0.00564. The summed E-state index contributed by atoms with van der Waals surface area (Å²) < 4.78 is 0. The molecule has 124 valence electrons. The lowest BCUT2D eigenvalue weighted by molar-refractivity contribution is -0.140. The number of carbonyl (C=O) groups excluding carboxylic acids is 2. The van der Waals surface area contributed by atoms with Crippen LogP contribution in [0.25, 0.3) is 0 Å². The van der Waals surface area contributed by atoms with Crippen LogP contribution in [-0.2, 0) is 22.6 Å². The van der Waals surface area contributed by atoms with Gasteiger partial charge in [0.25, 0.3) is 0 Å². The summed E-state index contributed by atoms with van der Waals surface area (Å²) in [4.78, 5) is 26.9. The van der Waals surface area contributed by atoms with Gasteiger partial charge >= 0.3 is 0 Å².